The van der Waals surface area contributed by atoms with Gasteiger partial charge in [-0.15, -0.1) is 0 Å². The molecule has 0 amide bonds. The average Bonchev–Trinajstić information content (AvgIpc) is 2.47. The molecule has 1 aliphatic heterocycles. The topological polar surface area (TPSA) is 18.5 Å². The minimum atomic E-state index is 0.548. The second kappa shape index (κ2) is 6.98. The van der Waals surface area contributed by atoms with Gasteiger partial charge in [0.15, 0.2) is 0 Å². The Balaban J connectivity index is 1.91. The number of likely N-dealkylation sites (tertiary alicyclic amines) is 1. The number of piperidine rings is 1. The van der Waals surface area contributed by atoms with Gasteiger partial charge in [0.25, 0.3) is 0 Å². The molecule has 1 aliphatic rings. The van der Waals surface area contributed by atoms with E-state index in [0.717, 1.165) is 5.92 Å². The quantitative estimate of drug-likeness (QED) is 0.889. The second-order valence-electron chi connectivity index (χ2n) is 6.15. The molecule has 3 heteroatoms. The van der Waals surface area contributed by atoms with Gasteiger partial charge < -0.3 is 15.1 Å². The number of hydrogen-bond donors (Lipinski definition) is 1. The summed E-state index contributed by atoms with van der Waals surface area (Å²) in [5.74, 6) is 0.792. The predicted octanol–water partition coefficient (Wildman–Crippen LogP) is 3.28. The molecule has 0 bridgehead atoms. The molecule has 20 heavy (non-hydrogen) atoms. The molecule has 1 N–H and O–H groups in total. The zero-order valence-electron chi connectivity index (χ0n) is 13.4. The first kappa shape index (κ1) is 15.2. The summed E-state index contributed by atoms with van der Waals surface area (Å²) in [5.41, 5.74) is 2.49. The summed E-state index contributed by atoms with van der Waals surface area (Å²) in [6.07, 6.45) is 2.63. The third-order valence-electron chi connectivity index (χ3n) is 4.54. The first-order chi connectivity index (χ1) is 9.60. The van der Waals surface area contributed by atoms with Crippen molar-refractivity contribution in [3.8, 4) is 0 Å². The molecule has 1 aromatic carbocycles. The molecular formula is C17H29N3. The number of nitrogens with zero attached hydrogens (tertiary/aromatic N) is 2. The standard InChI is InChI=1S/C17H29N3/c1-5-20-11-9-15(10-12-20)14(2)18-16-7-6-8-17(13-16)19(3)4/h6-8,13-15,18H,5,9-12H2,1-4H3. The van der Waals surface area contributed by atoms with Gasteiger partial charge in [0.2, 0.25) is 0 Å². The van der Waals surface area contributed by atoms with E-state index in [-0.39, 0.29) is 0 Å². The van der Waals surface area contributed by atoms with Crippen molar-refractivity contribution in [1.82, 2.24) is 4.90 Å². The molecule has 0 radical (unpaired) electrons. The van der Waals surface area contributed by atoms with Gasteiger partial charge in [-0.05, 0) is 63.5 Å². The summed E-state index contributed by atoms with van der Waals surface area (Å²) in [4.78, 5) is 4.70. The van der Waals surface area contributed by atoms with Crippen molar-refractivity contribution in [2.24, 2.45) is 5.92 Å². The van der Waals surface area contributed by atoms with Crippen molar-refractivity contribution >= 4 is 11.4 Å². The van der Waals surface area contributed by atoms with Crippen LogP contribution in [0.1, 0.15) is 26.7 Å². The second-order valence-corrected chi connectivity index (χ2v) is 6.15. The van der Waals surface area contributed by atoms with Crippen LogP contribution in [0.15, 0.2) is 24.3 Å². The van der Waals surface area contributed by atoms with E-state index in [0.29, 0.717) is 6.04 Å². The van der Waals surface area contributed by atoms with E-state index in [9.17, 15) is 0 Å². The van der Waals surface area contributed by atoms with Crippen LogP contribution in [0.3, 0.4) is 0 Å². The van der Waals surface area contributed by atoms with Gasteiger partial charge in [0.1, 0.15) is 0 Å². The maximum absolute atomic E-state index is 3.69. The first-order valence-electron chi connectivity index (χ1n) is 7.86. The van der Waals surface area contributed by atoms with Crippen LogP contribution in [0.25, 0.3) is 0 Å². The fraction of sp³-hybridized carbons (Fsp3) is 0.647. The highest BCUT2D eigenvalue weighted by atomic mass is 15.1. The molecular weight excluding hydrogens is 246 g/mol. The molecule has 0 aliphatic carbocycles. The number of nitrogens with one attached hydrogen (secondary N) is 1. The van der Waals surface area contributed by atoms with Crippen LogP contribution < -0.4 is 10.2 Å². The van der Waals surface area contributed by atoms with Crippen molar-refractivity contribution in [1.29, 1.82) is 0 Å². The highest BCUT2D eigenvalue weighted by Crippen LogP contribution is 2.24. The fourth-order valence-corrected chi connectivity index (χ4v) is 3.02. The zero-order chi connectivity index (χ0) is 14.5. The Morgan fingerprint density at radius 1 is 1.30 bits per heavy atom. The lowest BCUT2D eigenvalue weighted by Gasteiger charge is -2.35. The number of benzene rings is 1. The van der Waals surface area contributed by atoms with E-state index in [1.54, 1.807) is 0 Å². The summed E-state index contributed by atoms with van der Waals surface area (Å²) >= 11 is 0. The molecule has 0 saturated carbocycles. The maximum atomic E-state index is 3.69. The Bertz CT molecular complexity index is 408. The van der Waals surface area contributed by atoms with Crippen LogP contribution in [0, 0.1) is 5.92 Å². The van der Waals surface area contributed by atoms with Crippen molar-refractivity contribution in [2.75, 3.05) is 43.9 Å². The van der Waals surface area contributed by atoms with Gasteiger partial charge in [-0.2, -0.15) is 0 Å². The molecule has 3 nitrogen and oxygen atoms in total. The lowest BCUT2D eigenvalue weighted by molar-refractivity contribution is 0.183. The van der Waals surface area contributed by atoms with E-state index in [1.807, 2.05) is 0 Å². The van der Waals surface area contributed by atoms with E-state index < -0.39 is 0 Å². The Morgan fingerprint density at radius 2 is 2.00 bits per heavy atom. The average molecular weight is 275 g/mol. The van der Waals surface area contributed by atoms with E-state index in [1.165, 1.54) is 43.9 Å². The first-order valence-corrected chi connectivity index (χ1v) is 7.86. The molecule has 1 unspecified atom stereocenters. The Hall–Kier alpha value is -1.22. The lowest BCUT2D eigenvalue weighted by atomic mass is 9.90. The van der Waals surface area contributed by atoms with Crippen LogP contribution in [0.2, 0.25) is 0 Å². The third-order valence-corrected chi connectivity index (χ3v) is 4.54. The Labute approximate surface area is 124 Å². The van der Waals surface area contributed by atoms with Gasteiger partial charge in [-0.1, -0.05) is 13.0 Å². The van der Waals surface area contributed by atoms with Gasteiger partial charge in [0, 0.05) is 31.5 Å². The van der Waals surface area contributed by atoms with Crippen LogP contribution in [-0.4, -0.2) is 44.7 Å². The summed E-state index contributed by atoms with van der Waals surface area (Å²) in [5, 5.41) is 3.69. The third kappa shape index (κ3) is 3.89. The number of rotatable bonds is 5. The van der Waals surface area contributed by atoms with Crippen molar-refractivity contribution in [3.05, 3.63) is 24.3 Å². The predicted molar refractivity (Wildman–Crippen MR) is 88.7 cm³/mol. The molecule has 112 valence electrons. The molecule has 1 atom stereocenters. The van der Waals surface area contributed by atoms with Crippen LogP contribution in [0.4, 0.5) is 11.4 Å². The number of hydrogen-bond acceptors (Lipinski definition) is 3. The summed E-state index contributed by atoms with van der Waals surface area (Å²) in [6.45, 7) is 8.29. The molecule has 1 aromatic rings. The lowest BCUT2D eigenvalue weighted by Crippen LogP contribution is -2.39. The maximum Gasteiger partial charge on any atom is 0.0381 e. The highest BCUT2D eigenvalue weighted by Gasteiger charge is 2.23. The van der Waals surface area contributed by atoms with E-state index in [4.69, 9.17) is 0 Å². The Kier molecular flexibility index (Phi) is 5.30. The van der Waals surface area contributed by atoms with Gasteiger partial charge in [-0.3, -0.25) is 0 Å². The minimum Gasteiger partial charge on any atom is -0.382 e. The van der Waals surface area contributed by atoms with E-state index >= 15 is 0 Å². The van der Waals surface area contributed by atoms with Crippen LogP contribution in [0.5, 0.6) is 0 Å². The largest absolute Gasteiger partial charge is 0.382 e. The molecule has 0 spiro atoms. The smallest absolute Gasteiger partial charge is 0.0381 e. The SMILES string of the molecule is CCN1CCC(C(C)Nc2cccc(N(C)C)c2)CC1. The zero-order valence-corrected chi connectivity index (χ0v) is 13.4. The number of anilines is 2. The summed E-state index contributed by atoms with van der Waals surface area (Å²) in [6, 6.07) is 9.23. The monoisotopic (exact) mass is 275 g/mol. The van der Waals surface area contributed by atoms with E-state index in [2.05, 4.69) is 67.3 Å². The van der Waals surface area contributed by atoms with Gasteiger partial charge in [-0.25, -0.2) is 0 Å². The van der Waals surface area contributed by atoms with Gasteiger partial charge >= 0.3 is 0 Å². The minimum absolute atomic E-state index is 0.548. The molecule has 1 saturated heterocycles. The molecule has 2 rings (SSSR count). The van der Waals surface area contributed by atoms with Crippen molar-refractivity contribution < 1.29 is 0 Å². The van der Waals surface area contributed by atoms with Crippen molar-refractivity contribution in [3.63, 3.8) is 0 Å². The summed E-state index contributed by atoms with van der Waals surface area (Å²) in [7, 11) is 4.17. The normalized spacial score (nSPS) is 18.8. The molecule has 1 fully saturated rings. The van der Waals surface area contributed by atoms with Gasteiger partial charge in [0.05, 0.1) is 0 Å². The highest BCUT2D eigenvalue weighted by molar-refractivity contribution is 5.57. The van der Waals surface area contributed by atoms with Crippen molar-refractivity contribution in [2.45, 2.75) is 32.7 Å². The molecule has 0 aromatic heterocycles. The van der Waals surface area contributed by atoms with Crippen LogP contribution in [-0.2, 0) is 0 Å². The summed E-state index contributed by atoms with van der Waals surface area (Å²) < 4.78 is 0. The molecule has 1 heterocycles. The fourth-order valence-electron chi connectivity index (χ4n) is 3.02. The Morgan fingerprint density at radius 3 is 2.60 bits per heavy atom. The van der Waals surface area contributed by atoms with Crippen LogP contribution >= 0.6 is 0 Å².